The fraction of sp³-hybridized carbons (Fsp3) is 0.538. The largest absolute Gasteiger partial charge is 0.481 e. The molecule has 2 aliphatic heterocycles. The summed E-state index contributed by atoms with van der Waals surface area (Å²) < 4.78 is 0. The average molecular weight is 529 g/mol. The molecule has 3 aliphatic rings. The normalized spacial score (nSPS) is 25.4. The van der Waals surface area contributed by atoms with Gasteiger partial charge in [-0.2, -0.15) is 10.2 Å². The molecule has 3 heterocycles. The van der Waals surface area contributed by atoms with E-state index in [-0.39, 0.29) is 12.0 Å². The SMILES string of the molecule is C[C@@H](Nc1nc(N2CC([C@H]3CCCN(C4CC(C(=O)O)C4)C3)C2)ncc1C#N)c1ccc(Cl)cc1Cl. The summed E-state index contributed by atoms with van der Waals surface area (Å²) in [7, 11) is 0. The van der Waals surface area contributed by atoms with Crippen LogP contribution in [0, 0.1) is 29.1 Å². The average Bonchev–Trinajstić information content (AvgIpc) is 2.77. The Morgan fingerprint density at radius 2 is 2.03 bits per heavy atom. The minimum absolute atomic E-state index is 0.163. The first kappa shape index (κ1) is 25.1. The Hall–Kier alpha value is -2.60. The van der Waals surface area contributed by atoms with Crippen LogP contribution < -0.4 is 10.2 Å². The summed E-state index contributed by atoms with van der Waals surface area (Å²) in [5.74, 6) is 1.48. The van der Waals surface area contributed by atoms with E-state index < -0.39 is 5.97 Å². The third-order valence-corrected chi connectivity index (χ3v) is 8.57. The van der Waals surface area contributed by atoms with Crippen LogP contribution in [0.5, 0.6) is 0 Å². The van der Waals surface area contributed by atoms with Crippen molar-refractivity contribution in [1.82, 2.24) is 14.9 Å². The number of aromatic nitrogens is 2. The van der Waals surface area contributed by atoms with Crippen molar-refractivity contribution in [1.29, 1.82) is 5.26 Å². The van der Waals surface area contributed by atoms with Gasteiger partial charge in [-0.25, -0.2) is 4.98 Å². The zero-order valence-corrected chi connectivity index (χ0v) is 21.7. The highest BCUT2D eigenvalue weighted by molar-refractivity contribution is 6.35. The summed E-state index contributed by atoms with van der Waals surface area (Å²) in [6.45, 7) is 5.88. The van der Waals surface area contributed by atoms with Gasteiger partial charge in [-0.15, -0.1) is 0 Å². The summed E-state index contributed by atoms with van der Waals surface area (Å²) >= 11 is 12.4. The molecule has 0 spiro atoms. The van der Waals surface area contributed by atoms with E-state index in [1.165, 1.54) is 12.8 Å². The molecule has 0 radical (unpaired) electrons. The Morgan fingerprint density at radius 3 is 2.72 bits per heavy atom. The number of hydrogen-bond acceptors (Lipinski definition) is 7. The predicted octanol–water partition coefficient (Wildman–Crippen LogP) is 4.84. The van der Waals surface area contributed by atoms with Crippen molar-refractivity contribution < 1.29 is 9.90 Å². The van der Waals surface area contributed by atoms with Gasteiger partial charge >= 0.3 is 5.97 Å². The topological polar surface area (TPSA) is 105 Å². The van der Waals surface area contributed by atoms with Crippen LogP contribution >= 0.6 is 23.2 Å². The van der Waals surface area contributed by atoms with Crippen LogP contribution in [0.2, 0.25) is 10.0 Å². The van der Waals surface area contributed by atoms with E-state index in [0.717, 1.165) is 44.6 Å². The van der Waals surface area contributed by atoms with E-state index in [1.54, 1.807) is 18.3 Å². The van der Waals surface area contributed by atoms with Gasteiger partial charge in [-0.05, 0) is 68.7 Å². The van der Waals surface area contributed by atoms with Crippen LogP contribution in [0.15, 0.2) is 24.4 Å². The number of halogens is 2. The quantitative estimate of drug-likeness (QED) is 0.525. The fourth-order valence-electron chi connectivity index (χ4n) is 5.67. The predicted molar refractivity (Wildman–Crippen MR) is 139 cm³/mol. The molecule has 1 saturated carbocycles. The lowest BCUT2D eigenvalue weighted by Gasteiger charge is -2.50. The second kappa shape index (κ2) is 10.4. The van der Waals surface area contributed by atoms with Crippen LogP contribution in [0.25, 0.3) is 0 Å². The maximum atomic E-state index is 11.2. The first-order valence-electron chi connectivity index (χ1n) is 12.5. The number of nitrogens with zero attached hydrogens (tertiary/aromatic N) is 5. The number of carbonyl (C=O) groups is 1. The molecule has 8 nitrogen and oxygen atoms in total. The van der Waals surface area contributed by atoms with Crippen molar-refractivity contribution in [2.24, 2.45) is 17.8 Å². The summed E-state index contributed by atoms with van der Waals surface area (Å²) in [5.41, 5.74) is 1.26. The molecule has 190 valence electrons. The van der Waals surface area contributed by atoms with Crippen molar-refractivity contribution in [3.05, 3.63) is 45.6 Å². The Kier molecular flexibility index (Phi) is 7.25. The van der Waals surface area contributed by atoms with Crippen molar-refractivity contribution >= 4 is 40.9 Å². The highest BCUT2D eigenvalue weighted by Gasteiger charge is 2.42. The Bertz CT molecular complexity index is 1180. The first-order chi connectivity index (χ1) is 17.3. The van der Waals surface area contributed by atoms with E-state index in [9.17, 15) is 15.2 Å². The number of benzene rings is 1. The molecule has 2 atom stereocenters. The van der Waals surface area contributed by atoms with E-state index in [1.807, 2.05) is 13.0 Å². The maximum absolute atomic E-state index is 11.2. The van der Waals surface area contributed by atoms with E-state index in [0.29, 0.717) is 45.3 Å². The first-order valence-corrected chi connectivity index (χ1v) is 13.3. The van der Waals surface area contributed by atoms with Gasteiger partial charge in [0.05, 0.1) is 18.2 Å². The van der Waals surface area contributed by atoms with Crippen LogP contribution in [-0.4, -0.2) is 58.2 Å². The van der Waals surface area contributed by atoms with Crippen molar-refractivity contribution in [3.63, 3.8) is 0 Å². The Morgan fingerprint density at radius 1 is 1.25 bits per heavy atom. The van der Waals surface area contributed by atoms with E-state index >= 15 is 0 Å². The zero-order chi connectivity index (χ0) is 25.4. The van der Waals surface area contributed by atoms with Gasteiger partial charge in [0.2, 0.25) is 5.95 Å². The molecular weight excluding hydrogens is 499 g/mol. The molecule has 1 aromatic heterocycles. The fourth-order valence-corrected chi connectivity index (χ4v) is 6.24. The second-order valence-electron chi connectivity index (χ2n) is 10.3. The van der Waals surface area contributed by atoms with E-state index in [4.69, 9.17) is 28.2 Å². The Labute approximate surface area is 221 Å². The Balaban J connectivity index is 1.20. The molecule has 2 N–H and O–H groups in total. The molecular formula is C26H30Cl2N6O2. The van der Waals surface area contributed by atoms with Crippen molar-refractivity contribution in [3.8, 4) is 6.07 Å². The second-order valence-corrected chi connectivity index (χ2v) is 11.1. The maximum Gasteiger partial charge on any atom is 0.306 e. The molecule has 5 rings (SSSR count). The molecule has 2 aromatic rings. The third kappa shape index (κ3) is 5.10. The van der Waals surface area contributed by atoms with Crippen molar-refractivity contribution in [2.75, 3.05) is 36.4 Å². The molecule has 0 unspecified atom stereocenters. The summed E-state index contributed by atoms with van der Waals surface area (Å²) in [5, 5.41) is 23.2. The van der Waals surface area contributed by atoms with Crippen molar-refractivity contribution in [2.45, 2.75) is 44.7 Å². The standard InChI is InChI=1S/C26H30Cl2N6O2/c1-15(22-5-4-20(27)9-23(22)28)31-24-18(10-29)11-30-26(32-24)34-13-19(14-34)16-3-2-6-33(12-16)21-7-17(8-21)25(35)36/h4-5,9,11,15-17,19,21H,2-3,6-8,12-14H2,1H3,(H,35,36)(H,30,31,32)/t15-,16+,17?,21?/m1/s1. The molecule has 1 aromatic carbocycles. The van der Waals surface area contributed by atoms with Gasteiger partial charge in [0.25, 0.3) is 0 Å². The molecule has 10 heteroatoms. The third-order valence-electron chi connectivity index (χ3n) is 8.01. The number of hydrogen-bond donors (Lipinski definition) is 2. The lowest BCUT2D eigenvalue weighted by Crippen LogP contribution is -2.56. The summed E-state index contributed by atoms with van der Waals surface area (Å²) in [6, 6.07) is 7.79. The van der Waals surface area contributed by atoms with Crippen LogP contribution in [-0.2, 0) is 4.79 Å². The monoisotopic (exact) mass is 528 g/mol. The number of rotatable bonds is 7. The van der Waals surface area contributed by atoms with Gasteiger partial charge in [-0.3, -0.25) is 4.79 Å². The number of aliphatic carboxylic acids is 1. The zero-order valence-electron chi connectivity index (χ0n) is 20.2. The smallest absolute Gasteiger partial charge is 0.306 e. The summed E-state index contributed by atoms with van der Waals surface area (Å²) in [6.07, 6.45) is 5.53. The molecule has 36 heavy (non-hydrogen) atoms. The lowest BCUT2D eigenvalue weighted by atomic mass is 9.76. The summed E-state index contributed by atoms with van der Waals surface area (Å²) in [4.78, 5) is 25.0. The van der Waals surface area contributed by atoms with Gasteiger partial charge in [0, 0.05) is 35.7 Å². The minimum atomic E-state index is -0.656. The van der Waals surface area contributed by atoms with Crippen LogP contribution in [0.4, 0.5) is 11.8 Å². The number of carboxylic acid groups (broad SMARTS) is 1. The lowest BCUT2D eigenvalue weighted by molar-refractivity contribution is -0.147. The number of nitriles is 1. The van der Waals surface area contributed by atoms with Gasteiger partial charge in [-0.1, -0.05) is 29.3 Å². The van der Waals surface area contributed by atoms with Gasteiger partial charge in [0.15, 0.2) is 0 Å². The van der Waals surface area contributed by atoms with Gasteiger partial charge < -0.3 is 20.2 Å². The number of carboxylic acids is 1. The van der Waals surface area contributed by atoms with Crippen LogP contribution in [0.3, 0.4) is 0 Å². The number of likely N-dealkylation sites (tertiary alicyclic amines) is 1. The van der Waals surface area contributed by atoms with E-state index in [2.05, 4.69) is 26.2 Å². The highest BCUT2D eigenvalue weighted by atomic mass is 35.5. The molecule has 1 aliphatic carbocycles. The van der Waals surface area contributed by atoms with Crippen LogP contribution in [0.1, 0.15) is 49.8 Å². The molecule has 0 amide bonds. The molecule has 2 saturated heterocycles. The molecule has 3 fully saturated rings. The number of piperidine rings is 1. The van der Waals surface area contributed by atoms with Gasteiger partial charge in [0.1, 0.15) is 17.5 Å². The number of anilines is 2. The number of nitrogens with one attached hydrogen (secondary N) is 1. The molecule has 0 bridgehead atoms. The minimum Gasteiger partial charge on any atom is -0.481 e. The highest BCUT2D eigenvalue weighted by Crippen LogP contribution is 2.38.